The molecule has 2 unspecified atom stereocenters. The van der Waals surface area contributed by atoms with Crippen molar-refractivity contribution in [1.82, 2.24) is 0 Å². The van der Waals surface area contributed by atoms with Crippen molar-refractivity contribution in [2.24, 2.45) is 5.92 Å². The van der Waals surface area contributed by atoms with Crippen LogP contribution in [0.15, 0.2) is 12.1 Å². The van der Waals surface area contributed by atoms with Crippen LogP contribution in [0.1, 0.15) is 13.3 Å². The molecule has 1 aliphatic rings. The summed E-state index contributed by atoms with van der Waals surface area (Å²) in [5.41, 5.74) is 6.40. The van der Waals surface area contributed by atoms with Gasteiger partial charge in [0.2, 0.25) is 0 Å². The molecule has 0 amide bonds. The number of anilines is 2. The Hall–Kier alpha value is -0.960. The van der Waals surface area contributed by atoms with Crippen LogP contribution in [-0.4, -0.2) is 6.04 Å². The minimum absolute atomic E-state index is 0.106. The van der Waals surface area contributed by atoms with Crippen molar-refractivity contribution in [2.75, 3.05) is 11.1 Å². The number of nitrogen functional groups attached to an aromatic ring is 1. The van der Waals surface area contributed by atoms with E-state index in [0.717, 1.165) is 6.42 Å². The topological polar surface area (TPSA) is 38.0 Å². The van der Waals surface area contributed by atoms with E-state index >= 15 is 0 Å². The maximum absolute atomic E-state index is 13.5. The highest BCUT2D eigenvalue weighted by Crippen LogP contribution is 2.36. The van der Waals surface area contributed by atoms with Crippen LogP contribution >= 0.6 is 11.6 Å². The van der Waals surface area contributed by atoms with Gasteiger partial charge in [-0.2, -0.15) is 0 Å². The lowest BCUT2D eigenvalue weighted by atomic mass is 10.2. The average Bonchev–Trinajstić information content (AvgIpc) is 2.83. The number of rotatable bonds is 2. The van der Waals surface area contributed by atoms with Gasteiger partial charge in [-0.05, 0) is 24.5 Å². The predicted molar refractivity (Wildman–Crippen MR) is 57.0 cm³/mol. The third-order valence-corrected chi connectivity index (χ3v) is 2.86. The highest BCUT2D eigenvalue weighted by Gasteiger charge is 2.33. The van der Waals surface area contributed by atoms with Crippen LogP contribution in [-0.2, 0) is 0 Å². The summed E-state index contributed by atoms with van der Waals surface area (Å²) >= 11 is 5.66. The molecule has 4 heteroatoms. The molecule has 2 rings (SSSR count). The summed E-state index contributed by atoms with van der Waals surface area (Å²) < 4.78 is 13.5. The lowest BCUT2D eigenvalue weighted by molar-refractivity contribution is 0.630. The minimum Gasteiger partial charge on any atom is -0.397 e. The normalized spacial score (nSPS) is 24.8. The lowest BCUT2D eigenvalue weighted by Crippen LogP contribution is -2.08. The molecular weight excluding hydrogens is 203 g/mol. The van der Waals surface area contributed by atoms with E-state index in [1.54, 1.807) is 6.07 Å². The first-order valence-corrected chi connectivity index (χ1v) is 4.97. The van der Waals surface area contributed by atoms with Gasteiger partial charge in [-0.3, -0.25) is 0 Å². The van der Waals surface area contributed by atoms with Crippen molar-refractivity contribution in [2.45, 2.75) is 19.4 Å². The van der Waals surface area contributed by atoms with E-state index in [1.165, 1.54) is 6.07 Å². The molecule has 1 aromatic rings. The maximum atomic E-state index is 13.5. The van der Waals surface area contributed by atoms with Gasteiger partial charge in [0.1, 0.15) is 0 Å². The van der Waals surface area contributed by atoms with Gasteiger partial charge in [-0.25, -0.2) is 4.39 Å². The van der Waals surface area contributed by atoms with Crippen molar-refractivity contribution >= 4 is 23.0 Å². The Morgan fingerprint density at radius 3 is 2.79 bits per heavy atom. The lowest BCUT2D eigenvalue weighted by Gasteiger charge is -2.10. The Kier molecular flexibility index (Phi) is 2.27. The first-order chi connectivity index (χ1) is 6.59. The second kappa shape index (κ2) is 3.31. The van der Waals surface area contributed by atoms with Gasteiger partial charge in [-0.1, -0.05) is 18.5 Å². The van der Waals surface area contributed by atoms with E-state index in [9.17, 15) is 4.39 Å². The molecule has 14 heavy (non-hydrogen) atoms. The Morgan fingerprint density at radius 2 is 2.21 bits per heavy atom. The van der Waals surface area contributed by atoms with E-state index in [2.05, 4.69) is 12.2 Å². The number of hydrogen-bond acceptors (Lipinski definition) is 2. The highest BCUT2D eigenvalue weighted by atomic mass is 35.5. The van der Waals surface area contributed by atoms with Crippen LogP contribution in [0.25, 0.3) is 0 Å². The summed E-state index contributed by atoms with van der Waals surface area (Å²) in [6.07, 6.45) is 1.06. The second-order valence-corrected chi connectivity index (χ2v) is 4.20. The third kappa shape index (κ3) is 1.64. The summed E-state index contributed by atoms with van der Waals surface area (Å²) in [5.74, 6) is 0.138. The summed E-state index contributed by atoms with van der Waals surface area (Å²) in [5, 5.41) is 3.17. The van der Waals surface area contributed by atoms with Crippen LogP contribution in [0.4, 0.5) is 15.8 Å². The molecule has 0 saturated heterocycles. The fourth-order valence-electron chi connectivity index (χ4n) is 1.42. The van der Waals surface area contributed by atoms with Gasteiger partial charge < -0.3 is 11.1 Å². The quantitative estimate of drug-likeness (QED) is 0.743. The number of nitrogens with one attached hydrogen (secondary N) is 1. The Labute approximate surface area is 87.2 Å². The molecule has 1 aliphatic carbocycles. The van der Waals surface area contributed by atoms with Crippen molar-refractivity contribution in [3.8, 4) is 0 Å². The summed E-state index contributed by atoms with van der Waals surface area (Å²) in [7, 11) is 0. The minimum atomic E-state index is -0.453. The van der Waals surface area contributed by atoms with Gasteiger partial charge in [0.15, 0.2) is 5.82 Å². The summed E-state index contributed by atoms with van der Waals surface area (Å²) in [6, 6.07) is 3.42. The largest absolute Gasteiger partial charge is 0.397 e. The molecule has 2 nitrogen and oxygen atoms in total. The molecular formula is C10H12ClFN2. The molecule has 1 fully saturated rings. The zero-order valence-corrected chi connectivity index (χ0v) is 8.61. The Bertz CT molecular complexity index is 367. The van der Waals surface area contributed by atoms with Crippen molar-refractivity contribution in [3.63, 3.8) is 0 Å². The molecule has 3 N–H and O–H groups in total. The average molecular weight is 215 g/mol. The van der Waals surface area contributed by atoms with Gasteiger partial charge in [0.25, 0.3) is 0 Å². The third-order valence-electron chi connectivity index (χ3n) is 2.57. The highest BCUT2D eigenvalue weighted by molar-refractivity contribution is 6.31. The Balaban J connectivity index is 2.26. The van der Waals surface area contributed by atoms with E-state index in [4.69, 9.17) is 17.3 Å². The molecule has 1 aromatic carbocycles. The molecule has 0 aromatic heterocycles. The smallest absolute Gasteiger partial charge is 0.166 e. The molecule has 0 bridgehead atoms. The van der Waals surface area contributed by atoms with Crippen molar-refractivity contribution < 1.29 is 4.39 Å². The van der Waals surface area contributed by atoms with Crippen LogP contribution < -0.4 is 11.1 Å². The molecule has 0 spiro atoms. The predicted octanol–water partition coefficient (Wildman–Crippen LogP) is 2.88. The molecule has 0 heterocycles. The fraction of sp³-hybridized carbons (Fsp3) is 0.400. The van der Waals surface area contributed by atoms with Crippen molar-refractivity contribution in [1.29, 1.82) is 0 Å². The summed E-state index contributed by atoms with van der Waals surface area (Å²) in [6.45, 7) is 2.11. The maximum Gasteiger partial charge on any atom is 0.166 e. The van der Waals surface area contributed by atoms with E-state index < -0.39 is 5.82 Å². The molecule has 0 radical (unpaired) electrons. The standard InChI is InChI=1S/C10H12ClFN2/c1-5-4-8(5)14-10-7(13)3-2-6(11)9(10)12/h2-3,5,8,14H,4,13H2,1H3. The van der Waals surface area contributed by atoms with Crippen LogP contribution in [0, 0.1) is 11.7 Å². The van der Waals surface area contributed by atoms with Gasteiger partial charge in [0.05, 0.1) is 16.4 Å². The van der Waals surface area contributed by atoms with Crippen LogP contribution in [0.2, 0.25) is 5.02 Å². The fourth-order valence-corrected chi connectivity index (χ4v) is 1.58. The van der Waals surface area contributed by atoms with E-state index in [1.807, 2.05) is 0 Å². The van der Waals surface area contributed by atoms with Gasteiger partial charge in [0, 0.05) is 6.04 Å². The SMILES string of the molecule is CC1CC1Nc1c(N)ccc(Cl)c1F. The van der Waals surface area contributed by atoms with Gasteiger partial charge >= 0.3 is 0 Å². The number of benzene rings is 1. The first kappa shape index (κ1) is 9.59. The summed E-state index contributed by atoms with van der Waals surface area (Å²) in [4.78, 5) is 0. The van der Waals surface area contributed by atoms with Gasteiger partial charge in [-0.15, -0.1) is 0 Å². The second-order valence-electron chi connectivity index (χ2n) is 3.79. The van der Waals surface area contributed by atoms with Crippen LogP contribution in [0.5, 0.6) is 0 Å². The van der Waals surface area contributed by atoms with E-state index in [-0.39, 0.29) is 5.02 Å². The number of halogens is 2. The zero-order valence-electron chi connectivity index (χ0n) is 7.85. The first-order valence-electron chi connectivity index (χ1n) is 4.59. The Morgan fingerprint density at radius 1 is 1.57 bits per heavy atom. The number of hydrogen-bond donors (Lipinski definition) is 2. The molecule has 2 atom stereocenters. The number of nitrogens with two attached hydrogens (primary N) is 1. The van der Waals surface area contributed by atoms with Crippen LogP contribution in [0.3, 0.4) is 0 Å². The monoisotopic (exact) mass is 214 g/mol. The van der Waals surface area contributed by atoms with E-state index in [0.29, 0.717) is 23.3 Å². The molecule has 1 saturated carbocycles. The molecule has 0 aliphatic heterocycles. The zero-order chi connectivity index (χ0) is 10.3. The van der Waals surface area contributed by atoms with Crippen molar-refractivity contribution in [3.05, 3.63) is 23.0 Å². The molecule has 76 valence electrons.